The van der Waals surface area contributed by atoms with E-state index >= 15 is 0 Å². The number of hydrogen-bond donors (Lipinski definition) is 2. The molecule has 1 aromatic carbocycles. The van der Waals surface area contributed by atoms with Gasteiger partial charge < -0.3 is 11.1 Å². The Labute approximate surface area is 159 Å². The van der Waals surface area contributed by atoms with E-state index in [1.807, 2.05) is 46.3 Å². The minimum atomic E-state index is -0.266. The zero-order valence-electron chi connectivity index (χ0n) is 14.5. The summed E-state index contributed by atoms with van der Waals surface area (Å²) in [5.74, 6) is -0.156. The molecule has 0 atom stereocenters. The van der Waals surface area contributed by atoms with Crippen LogP contribution in [0.15, 0.2) is 54.2 Å². The number of amides is 1. The molecule has 0 radical (unpaired) electrons. The van der Waals surface area contributed by atoms with Crippen molar-refractivity contribution >= 4 is 39.8 Å². The summed E-state index contributed by atoms with van der Waals surface area (Å²) in [6.45, 7) is 0. The van der Waals surface area contributed by atoms with E-state index in [1.165, 1.54) is 17.5 Å². The number of anilines is 1. The van der Waals surface area contributed by atoms with Crippen molar-refractivity contribution in [3.05, 3.63) is 65.6 Å². The molecule has 134 valence electrons. The van der Waals surface area contributed by atoms with Crippen LogP contribution in [0.25, 0.3) is 27.9 Å². The first kappa shape index (κ1) is 16.9. The van der Waals surface area contributed by atoms with Crippen LogP contribution in [0.2, 0.25) is 0 Å². The number of carbonyl (C=O) groups is 1. The first-order valence-corrected chi connectivity index (χ1v) is 9.09. The lowest BCUT2D eigenvalue weighted by atomic mass is 10.1. The van der Waals surface area contributed by atoms with E-state index in [1.54, 1.807) is 19.2 Å². The number of nitrogen functional groups attached to an aromatic ring is 1. The smallest absolute Gasteiger partial charge is 0.253 e. The van der Waals surface area contributed by atoms with Crippen molar-refractivity contribution in [3.63, 3.8) is 0 Å². The Hall–Kier alpha value is -3.52. The average Bonchev–Trinajstić information content (AvgIpc) is 3.28. The fourth-order valence-corrected chi connectivity index (χ4v) is 3.52. The lowest BCUT2D eigenvalue weighted by Gasteiger charge is -2.07. The Morgan fingerprint density at radius 2 is 2.04 bits per heavy atom. The van der Waals surface area contributed by atoms with Gasteiger partial charge >= 0.3 is 0 Å². The highest BCUT2D eigenvalue weighted by molar-refractivity contribution is 7.15. The predicted octanol–water partition coefficient (Wildman–Crippen LogP) is 2.72. The number of likely N-dealkylation sites (N-methyl/N-ethyl adjacent to an activating group) is 1. The molecule has 7 nitrogen and oxygen atoms in total. The summed E-state index contributed by atoms with van der Waals surface area (Å²) in [6, 6.07) is 11.5. The Morgan fingerprint density at radius 3 is 2.78 bits per heavy atom. The molecule has 3 N–H and O–H groups in total. The zero-order chi connectivity index (χ0) is 18.8. The highest BCUT2D eigenvalue weighted by atomic mass is 32.1. The van der Waals surface area contributed by atoms with Crippen molar-refractivity contribution in [2.75, 3.05) is 12.8 Å². The van der Waals surface area contributed by atoms with E-state index in [0.717, 1.165) is 21.9 Å². The molecule has 8 heteroatoms. The number of thiazole rings is 1. The molecule has 0 aliphatic carbocycles. The van der Waals surface area contributed by atoms with Crippen LogP contribution < -0.4 is 11.1 Å². The van der Waals surface area contributed by atoms with Crippen molar-refractivity contribution in [2.24, 2.45) is 0 Å². The van der Waals surface area contributed by atoms with Gasteiger partial charge in [0.05, 0.1) is 22.7 Å². The summed E-state index contributed by atoms with van der Waals surface area (Å²) in [5, 5.41) is 4.62. The monoisotopic (exact) mass is 376 g/mol. The third-order valence-corrected chi connectivity index (χ3v) is 4.81. The molecule has 3 heterocycles. The number of fused-ring (bicyclic) bond motifs is 1. The first-order valence-electron chi connectivity index (χ1n) is 8.21. The van der Waals surface area contributed by atoms with Crippen LogP contribution >= 0.6 is 11.3 Å². The van der Waals surface area contributed by atoms with Gasteiger partial charge in [0.15, 0.2) is 4.96 Å². The quantitative estimate of drug-likeness (QED) is 0.534. The van der Waals surface area contributed by atoms with Gasteiger partial charge in [-0.2, -0.15) is 0 Å². The molecule has 4 aromatic rings. The normalized spacial score (nSPS) is 11.7. The molecular formula is C19H16N6OS. The van der Waals surface area contributed by atoms with Crippen LogP contribution in [0.4, 0.5) is 5.95 Å². The predicted molar refractivity (Wildman–Crippen MR) is 107 cm³/mol. The number of nitrogens with two attached hydrogens (primary N) is 1. The second-order valence-corrected chi connectivity index (χ2v) is 6.58. The van der Waals surface area contributed by atoms with E-state index in [4.69, 9.17) is 10.7 Å². The number of rotatable bonds is 4. The van der Waals surface area contributed by atoms with Crippen LogP contribution in [0.5, 0.6) is 0 Å². The van der Waals surface area contributed by atoms with Crippen molar-refractivity contribution in [3.8, 4) is 11.3 Å². The van der Waals surface area contributed by atoms with E-state index < -0.39 is 0 Å². The Balaban J connectivity index is 1.96. The molecule has 0 spiro atoms. The maximum atomic E-state index is 12.6. The van der Waals surface area contributed by atoms with Gasteiger partial charge in [-0.05, 0) is 12.1 Å². The number of carbonyl (C=O) groups excluding carboxylic acids is 1. The van der Waals surface area contributed by atoms with Gasteiger partial charge in [-0.25, -0.2) is 15.0 Å². The maximum absolute atomic E-state index is 12.6. The van der Waals surface area contributed by atoms with Crippen molar-refractivity contribution in [1.29, 1.82) is 0 Å². The Kier molecular flexibility index (Phi) is 4.39. The highest BCUT2D eigenvalue weighted by Gasteiger charge is 2.18. The molecule has 27 heavy (non-hydrogen) atoms. The summed E-state index contributed by atoms with van der Waals surface area (Å²) < 4.78 is 1.96. The van der Waals surface area contributed by atoms with Crippen molar-refractivity contribution in [1.82, 2.24) is 24.7 Å². The lowest BCUT2D eigenvalue weighted by Crippen LogP contribution is -2.20. The van der Waals surface area contributed by atoms with Gasteiger partial charge in [0.2, 0.25) is 5.95 Å². The Morgan fingerprint density at radius 1 is 1.22 bits per heavy atom. The highest BCUT2D eigenvalue weighted by Crippen LogP contribution is 2.29. The molecule has 0 saturated carbocycles. The SMILES string of the molecule is CNC(=O)C(=Cc1c(-c2ccccc2)nc2sccn12)c1ccnc(N)n1. The van der Waals surface area contributed by atoms with Crippen LogP contribution in [0.3, 0.4) is 0 Å². The lowest BCUT2D eigenvalue weighted by molar-refractivity contribution is -0.115. The molecule has 0 bridgehead atoms. The molecule has 0 aliphatic heterocycles. The molecule has 4 rings (SSSR count). The van der Waals surface area contributed by atoms with Crippen molar-refractivity contribution in [2.45, 2.75) is 0 Å². The fourth-order valence-electron chi connectivity index (χ4n) is 2.80. The third kappa shape index (κ3) is 3.18. The number of nitrogens with one attached hydrogen (secondary N) is 1. The van der Waals surface area contributed by atoms with Crippen LogP contribution in [-0.2, 0) is 4.79 Å². The summed E-state index contributed by atoms with van der Waals surface area (Å²) in [5.41, 5.74) is 9.11. The minimum absolute atomic E-state index is 0.111. The summed E-state index contributed by atoms with van der Waals surface area (Å²) in [6.07, 6.45) is 5.25. The van der Waals surface area contributed by atoms with Gasteiger partial charge in [-0.3, -0.25) is 9.20 Å². The molecule has 1 amide bonds. The largest absolute Gasteiger partial charge is 0.368 e. The molecule has 0 fully saturated rings. The number of aromatic nitrogens is 4. The third-order valence-electron chi connectivity index (χ3n) is 4.05. The summed E-state index contributed by atoms with van der Waals surface area (Å²) in [7, 11) is 1.58. The van der Waals surface area contributed by atoms with E-state index in [-0.39, 0.29) is 11.9 Å². The standard InChI is InChI=1S/C19H16N6OS/c1-21-17(26)13(14-7-8-22-18(20)23-14)11-15-16(12-5-3-2-4-6-12)24-19-25(15)9-10-27-19/h2-11H,1H3,(H,21,26)(H2,20,22,23). The molecule has 0 saturated heterocycles. The number of benzene rings is 1. The molecule has 0 aliphatic rings. The van der Waals surface area contributed by atoms with Crippen LogP contribution in [0, 0.1) is 0 Å². The van der Waals surface area contributed by atoms with Gasteiger partial charge in [0.1, 0.15) is 0 Å². The van der Waals surface area contributed by atoms with Gasteiger partial charge in [0, 0.05) is 30.4 Å². The molecular weight excluding hydrogens is 360 g/mol. The average molecular weight is 376 g/mol. The van der Waals surface area contributed by atoms with Crippen LogP contribution in [0.1, 0.15) is 11.4 Å². The van der Waals surface area contributed by atoms with E-state index in [0.29, 0.717) is 11.3 Å². The number of nitrogens with zero attached hydrogens (tertiary/aromatic N) is 4. The van der Waals surface area contributed by atoms with Crippen LogP contribution in [-0.4, -0.2) is 32.3 Å². The number of hydrogen-bond acceptors (Lipinski definition) is 6. The van der Waals surface area contributed by atoms with E-state index in [2.05, 4.69) is 15.3 Å². The minimum Gasteiger partial charge on any atom is -0.368 e. The van der Waals surface area contributed by atoms with E-state index in [9.17, 15) is 4.79 Å². The maximum Gasteiger partial charge on any atom is 0.253 e. The zero-order valence-corrected chi connectivity index (χ0v) is 15.3. The van der Waals surface area contributed by atoms with Gasteiger partial charge in [0.25, 0.3) is 5.91 Å². The summed E-state index contributed by atoms with van der Waals surface area (Å²) in [4.78, 5) is 26.3. The summed E-state index contributed by atoms with van der Waals surface area (Å²) >= 11 is 1.53. The van der Waals surface area contributed by atoms with Gasteiger partial charge in [-0.1, -0.05) is 30.3 Å². The Bertz CT molecular complexity index is 1150. The first-order chi connectivity index (χ1) is 13.2. The fraction of sp³-hybridized carbons (Fsp3) is 0.0526. The topological polar surface area (TPSA) is 98.2 Å². The second kappa shape index (κ2) is 7.00. The molecule has 0 unspecified atom stereocenters. The second-order valence-electron chi connectivity index (χ2n) is 5.70. The van der Waals surface area contributed by atoms with Gasteiger partial charge in [-0.15, -0.1) is 11.3 Å². The van der Waals surface area contributed by atoms with Crippen molar-refractivity contribution < 1.29 is 4.79 Å². The number of imidazole rings is 1. The molecule has 3 aromatic heterocycles.